The van der Waals surface area contributed by atoms with Gasteiger partial charge in [-0.1, -0.05) is 6.92 Å². The lowest BCUT2D eigenvalue weighted by Crippen LogP contribution is -2.38. The first kappa shape index (κ1) is 12.2. The predicted molar refractivity (Wildman–Crippen MR) is 69.0 cm³/mol. The van der Waals surface area contributed by atoms with Crippen molar-refractivity contribution >= 4 is 11.5 Å². The first-order valence-electron chi connectivity index (χ1n) is 6.34. The van der Waals surface area contributed by atoms with E-state index in [0.717, 1.165) is 49.6 Å². The van der Waals surface area contributed by atoms with Crippen molar-refractivity contribution in [3.05, 3.63) is 5.69 Å². The summed E-state index contributed by atoms with van der Waals surface area (Å²) in [5.74, 6) is 1.38. The molecule has 1 aliphatic heterocycles. The van der Waals surface area contributed by atoms with Crippen molar-refractivity contribution in [1.82, 2.24) is 9.78 Å². The van der Waals surface area contributed by atoms with Crippen LogP contribution < -0.4 is 10.6 Å². The molecule has 1 aromatic rings. The van der Waals surface area contributed by atoms with Crippen molar-refractivity contribution in [3.63, 3.8) is 0 Å². The molecule has 96 valence electrons. The van der Waals surface area contributed by atoms with Gasteiger partial charge in [-0.3, -0.25) is 4.68 Å². The molecule has 1 fully saturated rings. The topological polar surface area (TPSA) is 67.3 Å². The van der Waals surface area contributed by atoms with E-state index in [-0.39, 0.29) is 6.61 Å². The number of aryl methyl sites for hydroxylation is 2. The van der Waals surface area contributed by atoms with E-state index >= 15 is 0 Å². The highest BCUT2D eigenvalue weighted by atomic mass is 16.3. The summed E-state index contributed by atoms with van der Waals surface area (Å²) in [6.45, 7) is 4.21. The van der Waals surface area contributed by atoms with Crippen molar-refractivity contribution in [2.24, 2.45) is 13.0 Å². The van der Waals surface area contributed by atoms with Crippen LogP contribution in [-0.4, -0.2) is 34.6 Å². The second-order valence-corrected chi connectivity index (χ2v) is 4.80. The van der Waals surface area contributed by atoms with E-state index in [4.69, 9.17) is 5.73 Å². The van der Waals surface area contributed by atoms with Crippen LogP contribution in [0.25, 0.3) is 0 Å². The Morgan fingerprint density at radius 3 is 2.88 bits per heavy atom. The molecule has 0 aromatic carbocycles. The Hall–Kier alpha value is -1.23. The Labute approximate surface area is 102 Å². The van der Waals surface area contributed by atoms with Gasteiger partial charge in [-0.05, 0) is 25.2 Å². The lowest BCUT2D eigenvalue weighted by Gasteiger charge is -2.33. The van der Waals surface area contributed by atoms with E-state index in [1.807, 2.05) is 11.7 Å². The summed E-state index contributed by atoms with van der Waals surface area (Å²) in [7, 11) is 1.94. The summed E-state index contributed by atoms with van der Waals surface area (Å²) >= 11 is 0. The normalized spacial score (nSPS) is 20.9. The predicted octanol–water partition coefficient (Wildman–Crippen LogP) is 0.773. The first-order valence-corrected chi connectivity index (χ1v) is 6.34. The molecule has 1 atom stereocenters. The lowest BCUT2D eigenvalue weighted by molar-refractivity contribution is 0.208. The maximum Gasteiger partial charge on any atom is 0.150 e. The number of nitrogen functional groups attached to an aromatic ring is 1. The quantitative estimate of drug-likeness (QED) is 0.816. The summed E-state index contributed by atoms with van der Waals surface area (Å²) in [5.41, 5.74) is 7.91. The number of anilines is 2. The fourth-order valence-electron chi connectivity index (χ4n) is 2.63. The van der Waals surface area contributed by atoms with Crippen LogP contribution >= 0.6 is 0 Å². The summed E-state index contributed by atoms with van der Waals surface area (Å²) in [6.07, 6.45) is 3.07. The zero-order chi connectivity index (χ0) is 12.4. The number of aliphatic hydroxyl groups is 1. The van der Waals surface area contributed by atoms with Gasteiger partial charge < -0.3 is 15.7 Å². The SMILES string of the molecule is CCc1nn(C)c(N2CCCC(CO)C2)c1N. The summed E-state index contributed by atoms with van der Waals surface area (Å²) in [6, 6.07) is 0. The van der Waals surface area contributed by atoms with E-state index in [1.54, 1.807) is 0 Å². The van der Waals surface area contributed by atoms with Gasteiger partial charge in [-0.2, -0.15) is 5.10 Å². The van der Waals surface area contributed by atoms with Gasteiger partial charge in [0, 0.05) is 26.7 Å². The Kier molecular flexibility index (Phi) is 3.57. The minimum absolute atomic E-state index is 0.259. The zero-order valence-electron chi connectivity index (χ0n) is 10.7. The van der Waals surface area contributed by atoms with E-state index in [1.165, 1.54) is 0 Å². The highest BCUT2D eigenvalue weighted by Gasteiger charge is 2.24. The number of hydrogen-bond donors (Lipinski definition) is 2. The molecule has 5 nitrogen and oxygen atoms in total. The molecule has 1 saturated heterocycles. The van der Waals surface area contributed by atoms with Gasteiger partial charge in [0.15, 0.2) is 0 Å². The summed E-state index contributed by atoms with van der Waals surface area (Å²) < 4.78 is 1.87. The molecule has 0 radical (unpaired) electrons. The summed E-state index contributed by atoms with van der Waals surface area (Å²) in [4.78, 5) is 2.26. The molecule has 1 aliphatic rings. The van der Waals surface area contributed by atoms with E-state index < -0.39 is 0 Å². The average molecular weight is 238 g/mol. The molecule has 1 aromatic heterocycles. The number of piperidine rings is 1. The average Bonchev–Trinajstić information content (AvgIpc) is 2.64. The lowest BCUT2D eigenvalue weighted by atomic mass is 9.99. The third-order valence-corrected chi connectivity index (χ3v) is 3.54. The number of nitrogens with zero attached hydrogens (tertiary/aromatic N) is 3. The second kappa shape index (κ2) is 4.96. The van der Waals surface area contributed by atoms with E-state index in [9.17, 15) is 5.11 Å². The molecule has 3 N–H and O–H groups in total. The Morgan fingerprint density at radius 1 is 1.53 bits per heavy atom. The molecule has 5 heteroatoms. The number of aliphatic hydroxyl groups excluding tert-OH is 1. The molecule has 0 aliphatic carbocycles. The maximum atomic E-state index is 9.27. The number of hydrogen-bond acceptors (Lipinski definition) is 4. The minimum atomic E-state index is 0.259. The molecular weight excluding hydrogens is 216 g/mol. The minimum Gasteiger partial charge on any atom is -0.396 e. The molecule has 17 heavy (non-hydrogen) atoms. The highest BCUT2D eigenvalue weighted by Crippen LogP contribution is 2.30. The third kappa shape index (κ3) is 2.24. The largest absolute Gasteiger partial charge is 0.396 e. The standard InChI is InChI=1S/C12H22N4O/c1-3-10-11(13)12(15(2)14-10)16-6-4-5-9(7-16)8-17/h9,17H,3-8,13H2,1-2H3. The molecule has 0 saturated carbocycles. The van der Waals surface area contributed by atoms with Gasteiger partial charge in [0.2, 0.25) is 0 Å². The smallest absolute Gasteiger partial charge is 0.150 e. The van der Waals surface area contributed by atoms with Crippen LogP contribution in [0.3, 0.4) is 0 Å². The van der Waals surface area contributed by atoms with E-state index in [2.05, 4.69) is 16.9 Å². The van der Waals surface area contributed by atoms with Gasteiger partial charge in [-0.25, -0.2) is 0 Å². The molecule has 1 unspecified atom stereocenters. The monoisotopic (exact) mass is 238 g/mol. The number of rotatable bonds is 3. The van der Waals surface area contributed by atoms with Gasteiger partial charge >= 0.3 is 0 Å². The van der Waals surface area contributed by atoms with Crippen LogP contribution in [0, 0.1) is 5.92 Å². The van der Waals surface area contributed by atoms with Crippen LogP contribution in [0.1, 0.15) is 25.5 Å². The third-order valence-electron chi connectivity index (χ3n) is 3.54. The highest BCUT2D eigenvalue weighted by molar-refractivity contribution is 5.66. The maximum absolute atomic E-state index is 9.27. The zero-order valence-corrected chi connectivity index (χ0v) is 10.7. The molecule has 0 spiro atoms. The molecule has 2 rings (SSSR count). The molecular formula is C12H22N4O. The second-order valence-electron chi connectivity index (χ2n) is 4.80. The fourth-order valence-corrected chi connectivity index (χ4v) is 2.63. The number of aromatic nitrogens is 2. The van der Waals surface area contributed by atoms with Crippen LogP contribution in [0.2, 0.25) is 0 Å². The van der Waals surface area contributed by atoms with Crippen molar-refractivity contribution in [2.75, 3.05) is 30.3 Å². The van der Waals surface area contributed by atoms with Gasteiger partial charge in [-0.15, -0.1) is 0 Å². The van der Waals surface area contributed by atoms with Crippen LogP contribution in [0.5, 0.6) is 0 Å². The Morgan fingerprint density at radius 2 is 2.29 bits per heavy atom. The van der Waals surface area contributed by atoms with Crippen LogP contribution in [0.4, 0.5) is 11.5 Å². The first-order chi connectivity index (χ1) is 8.17. The fraction of sp³-hybridized carbons (Fsp3) is 0.750. The Bertz CT molecular complexity index is 388. The molecule has 0 bridgehead atoms. The van der Waals surface area contributed by atoms with Crippen LogP contribution in [0.15, 0.2) is 0 Å². The Balaban J connectivity index is 2.24. The molecule has 0 amide bonds. The number of nitrogens with two attached hydrogens (primary N) is 1. The van der Waals surface area contributed by atoms with Gasteiger partial charge in [0.05, 0.1) is 11.4 Å². The van der Waals surface area contributed by atoms with Crippen molar-refractivity contribution in [3.8, 4) is 0 Å². The van der Waals surface area contributed by atoms with Crippen molar-refractivity contribution in [2.45, 2.75) is 26.2 Å². The van der Waals surface area contributed by atoms with Gasteiger partial charge in [0.25, 0.3) is 0 Å². The van der Waals surface area contributed by atoms with Crippen molar-refractivity contribution < 1.29 is 5.11 Å². The van der Waals surface area contributed by atoms with Crippen LogP contribution in [-0.2, 0) is 13.5 Å². The summed E-state index contributed by atoms with van der Waals surface area (Å²) in [5, 5.41) is 13.7. The van der Waals surface area contributed by atoms with E-state index in [0.29, 0.717) is 5.92 Å². The van der Waals surface area contributed by atoms with Gasteiger partial charge in [0.1, 0.15) is 5.82 Å². The van der Waals surface area contributed by atoms with Crippen molar-refractivity contribution in [1.29, 1.82) is 0 Å². The molecule has 2 heterocycles.